The fourth-order valence-electron chi connectivity index (χ4n) is 4.38. The SMILES string of the molecule is Nc1ccc(C=CC(=O)NCC2Cc3cc(-c4ccc(C(=O)N5CCOCC5)cc4)cc(Cl)c3O2)cn1. The second kappa shape index (κ2) is 11.0. The number of pyridine rings is 1. The van der Waals surface area contributed by atoms with Crippen molar-refractivity contribution in [3.63, 3.8) is 0 Å². The molecule has 2 aliphatic rings. The number of nitrogens with two attached hydrogens (primary N) is 1. The molecule has 0 spiro atoms. The normalized spacial score (nSPS) is 16.9. The van der Waals surface area contributed by atoms with E-state index < -0.39 is 0 Å². The van der Waals surface area contributed by atoms with Crippen molar-refractivity contribution < 1.29 is 19.1 Å². The maximum Gasteiger partial charge on any atom is 0.254 e. The van der Waals surface area contributed by atoms with Gasteiger partial charge < -0.3 is 25.4 Å². The van der Waals surface area contributed by atoms with Crippen LogP contribution in [0.2, 0.25) is 5.02 Å². The van der Waals surface area contributed by atoms with Crippen molar-refractivity contribution in [2.24, 2.45) is 0 Å². The van der Waals surface area contributed by atoms with E-state index in [0.29, 0.717) is 61.4 Å². The summed E-state index contributed by atoms with van der Waals surface area (Å²) in [6.07, 6.45) is 5.14. The van der Waals surface area contributed by atoms with Gasteiger partial charge in [0.05, 0.1) is 24.8 Å². The molecule has 3 heterocycles. The highest BCUT2D eigenvalue weighted by Gasteiger charge is 2.26. The number of fused-ring (bicyclic) bond motifs is 1. The second-order valence-electron chi connectivity index (χ2n) is 8.97. The highest BCUT2D eigenvalue weighted by Crippen LogP contribution is 2.39. The lowest BCUT2D eigenvalue weighted by molar-refractivity contribution is -0.116. The molecule has 0 bridgehead atoms. The Morgan fingerprint density at radius 1 is 1.11 bits per heavy atom. The summed E-state index contributed by atoms with van der Waals surface area (Å²) in [5.74, 6) is 0.861. The van der Waals surface area contributed by atoms with Crippen LogP contribution in [0.3, 0.4) is 0 Å². The number of morpholine rings is 1. The van der Waals surface area contributed by atoms with E-state index in [-0.39, 0.29) is 17.9 Å². The predicted octanol–water partition coefficient (Wildman–Crippen LogP) is 3.59. The van der Waals surface area contributed by atoms with Gasteiger partial charge in [-0.05, 0) is 59.2 Å². The Kier molecular flexibility index (Phi) is 7.39. The highest BCUT2D eigenvalue weighted by atomic mass is 35.5. The molecule has 5 rings (SSSR count). The molecule has 0 aliphatic carbocycles. The van der Waals surface area contributed by atoms with Crippen molar-refractivity contribution >= 4 is 35.3 Å². The third-order valence-electron chi connectivity index (χ3n) is 6.36. The second-order valence-corrected chi connectivity index (χ2v) is 9.37. The van der Waals surface area contributed by atoms with Crippen LogP contribution < -0.4 is 15.8 Å². The molecule has 1 saturated heterocycles. The lowest BCUT2D eigenvalue weighted by atomic mass is 9.99. The first kappa shape index (κ1) is 24.8. The van der Waals surface area contributed by atoms with Crippen molar-refractivity contribution in [1.29, 1.82) is 0 Å². The van der Waals surface area contributed by atoms with Gasteiger partial charge in [0, 0.05) is 42.9 Å². The molecular formula is C28H27ClN4O4. The summed E-state index contributed by atoms with van der Waals surface area (Å²) in [6, 6.07) is 14.9. The number of carbonyl (C=O) groups is 2. The lowest BCUT2D eigenvalue weighted by Crippen LogP contribution is -2.40. The summed E-state index contributed by atoms with van der Waals surface area (Å²) < 4.78 is 11.3. The molecule has 9 heteroatoms. The molecule has 1 atom stereocenters. The van der Waals surface area contributed by atoms with Gasteiger partial charge in [0.2, 0.25) is 5.91 Å². The van der Waals surface area contributed by atoms with Crippen molar-refractivity contribution in [2.75, 3.05) is 38.6 Å². The molecule has 2 amide bonds. The first-order chi connectivity index (χ1) is 18.0. The van der Waals surface area contributed by atoms with E-state index in [1.807, 2.05) is 35.2 Å². The first-order valence-corrected chi connectivity index (χ1v) is 12.5. The molecule has 37 heavy (non-hydrogen) atoms. The number of aromatic nitrogens is 1. The van der Waals surface area contributed by atoms with E-state index in [2.05, 4.69) is 16.4 Å². The molecule has 3 aromatic rings. The number of nitrogen functional groups attached to an aromatic ring is 1. The Balaban J connectivity index is 1.19. The zero-order chi connectivity index (χ0) is 25.8. The third kappa shape index (κ3) is 5.93. The smallest absolute Gasteiger partial charge is 0.254 e. The van der Waals surface area contributed by atoms with Gasteiger partial charge in [0.15, 0.2) is 0 Å². The minimum Gasteiger partial charge on any atom is -0.486 e. The highest BCUT2D eigenvalue weighted by molar-refractivity contribution is 6.32. The van der Waals surface area contributed by atoms with Gasteiger partial charge in [-0.15, -0.1) is 0 Å². The number of rotatable bonds is 6. The van der Waals surface area contributed by atoms with Crippen LogP contribution in [0, 0.1) is 0 Å². The molecule has 1 unspecified atom stereocenters. The number of ether oxygens (including phenoxy) is 2. The van der Waals surface area contributed by atoms with E-state index >= 15 is 0 Å². The average molecular weight is 519 g/mol. The fourth-order valence-corrected chi connectivity index (χ4v) is 4.67. The summed E-state index contributed by atoms with van der Waals surface area (Å²) in [6.45, 7) is 2.71. The maximum absolute atomic E-state index is 12.7. The molecule has 3 N–H and O–H groups in total. The van der Waals surface area contributed by atoms with Crippen molar-refractivity contribution in [3.8, 4) is 16.9 Å². The monoisotopic (exact) mass is 518 g/mol. The van der Waals surface area contributed by atoms with E-state index in [1.165, 1.54) is 6.08 Å². The topological polar surface area (TPSA) is 107 Å². The van der Waals surface area contributed by atoms with Gasteiger partial charge >= 0.3 is 0 Å². The van der Waals surface area contributed by atoms with Crippen LogP contribution in [0.1, 0.15) is 21.5 Å². The first-order valence-electron chi connectivity index (χ1n) is 12.1. The van der Waals surface area contributed by atoms with Crippen molar-refractivity contribution in [1.82, 2.24) is 15.2 Å². The fraction of sp³-hybridized carbons (Fsp3) is 0.250. The van der Waals surface area contributed by atoms with Crippen LogP contribution in [-0.4, -0.2) is 60.7 Å². The molecule has 2 aromatic carbocycles. The van der Waals surface area contributed by atoms with Gasteiger partial charge in [-0.2, -0.15) is 0 Å². The number of amides is 2. The molecule has 190 valence electrons. The number of nitrogens with one attached hydrogen (secondary N) is 1. The molecule has 1 aromatic heterocycles. The zero-order valence-corrected chi connectivity index (χ0v) is 20.9. The van der Waals surface area contributed by atoms with Crippen molar-refractivity contribution in [2.45, 2.75) is 12.5 Å². The summed E-state index contributed by atoms with van der Waals surface area (Å²) in [4.78, 5) is 30.8. The van der Waals surface area contributed by atoms with Crippen LogP contribution in [-0.2, 0) is 16.0 Å². The summed E-state index contributed by atoms with van der Waals surface area (Å²) in [5, 5.41) is 3.39. The molecular weight excluding hydrogens is 492 g/mol. The minimum absolute atomic E-state index is 0.0140. The molecule has 0 radical (unpaired) electrons. The number of nitrogens with zero attached hydrogens (tertiary/aromatic N) is 2. The minimum atomic E-state index is -0.227. The number of hydrogen-bond acceptors (Lipinski definition) is 6. The third-order valence-corrected chi connectivity index (χ3v) is 6.64. The Labute approximate surface area is 220 Å². The largest absolute Gasteiger partial charge is 0.486 e. The number of benzene rings is 2. The van der Waals surface area contributed by atoms with Gasteiger partial charge in [-0.1, -0.05) is 23.7 Å². The van der Waals surface area contributed by atoms with E-state index in [4.69, 9.17) is 26.8 Å². The molecule has 8 nitrogen and oxygen atoms in total. The number of carbonyl (C=O) groups excluding carboxylic acids is 2. The van der Waals surface area contributed by atoms with Crippen LogP contribution >= 0.6 is 11.6 Å². The van der Waals surface area contributed by atoms with Crippen LogP contribution in [0.4, 0.5) is 5.82 Å². The molecule has 2 aliphatic heterocycles. The van der Waals surface area contributed by atoms with Crippen LogP contribution in [0.25, 0.3) is 17.2 Å². The summed E-state index contributed by atoms with van der Waals surface area (Å²) in [7, 11) is 0. The maximum atomic E-state index is 12.7. The van der Waals surface area contributed by atoms with E-state index in [0.717, 1.165) is 22.3 Å². The summed E-state index contributed by atoms with van der Waals surface area (Å²) in [5.41, 5.74) is 9.90. The Morgan fingerprint density at radius 2 is 1.89 bits per heavy atom. The lowest BCUT2D eigenvalue weighted by Gasteiger charge is -2.26. The standard InChI is InChI=1S/C28H27ClN4O4/c29-24-15-21(19-3-5-20(6-4-19)28(35)33-9-11-36-12-10-33)13-22-14-23(37-27(22)24)17-32-26(34)8-2-18-1-7-25(30)31-16-18/h1-8,13,15-16,23H,9-12,14,17H2,(H2,30,31)(H,32,34). The Hall–Kier alpha value is -3.88. The molecule has 0 saturated carbocycles. The van der Waals surface area contributed by atoms with Gasteiger partial charge in [0.25, 0.3) is 5.91 Å². The van der Waals surface area contributed by atoms with E-state index in [1.54, 1.807) is 24.4 Å². The Morgan fingerprint density at radius 3 is 2.62 bits per heavy atom. The average Bonchev–Trinajstić information content (AvgIpc) is 3.35. The van der Waals surface area contributed by atoms with Gasteiger partial charge in [-0.3, -0.25) is 9.59 Å². The summed E-state index contributed by atoms with van der Waals surface area (Å²) >= 11 is 6.55. The van der Waals surface area contributed by atoms with Crippen LogP contribution in [0.5, 0.6) is 5.75 Å². The van der Waals surface area contributed by atoms with Crippen LogP contribution in [0.15, 0.2) is 60.8 Å². The van der Waals surface area contributed by atoms with Gasteiger partial charge in [0.1, 0.15) is 17.7 Å². The number of hydrogen-bond donors (Lipinski definition) is 2. The quantitative estimate of drug-likeness (QED) is 0.483. The predicted molar refractivity (Wildman–Crippen MR) is 142 cm³/mol. The van der Waals surface area contributed by atoms with Gasteiger partial charge in [-0.25, -0.2) is 4.98 Å². The van der Waals surface area contributed by atoms with Crippen molar-refractivity contribution in [3.05, 3.63) is 82.5 Å². The number of halogens is 1. The zero-order valence-electron chi connectivity index (χ0n) is 20.2. The van der Waals surface area contributed by atoms with E-state index in [9.17, 15) is 9.59 Å². The Bertz CT molecular complexity index is 1320. The number of anilines is 1. The molecule has 1 fully saturated rings.